The molecule has 0 saturated carbocycles. The Morgan fingerprint density at radius 2 is 1.83 bits per heavy atom. The Morgan fingerprint density at radius 1 is 1.03 bits per heavy atom. The van der Waals surface area contributed by atoms with Crippen LogP contribution in [-0.4, -0.2) is 26.4 Å². The highest BCUT2D eigenvalue weighted by Gasteiger charge is 2.15. The maximum atomic E-state index is 12.6. The van der Waals surface area contributed by atoms with Crippen molar-refractivity contribution in [1.29, 1.82) is 0 Å². The normalized spacial score (nSPS) is 11.5. The van der Waals surface area contributed by atoms with Gasteiger partial charge in [-0.3, -0.25) is 0 Å². The number of hydrogen-bond donors (Lipinski definition) is 0. The first-order chi connectivity index (χ1) is 14.6. The molecule has 0 unspecified atom stereocenters. The van der Waals surface area contributed by atoms with Gasteiger partial charge in [-0.15, -0.1) is 21.5 Å². The van der Waals surface area contributed by atoms with E-state index in [1.54, 1.807) is 47.4 Å². The van der Waals surface area contributed by atoms with Gasteiger partial charge in [-0.1, -0.05) is 53.9 Å². The zero-order valence-electron chi connectivity index (χ0n) is 16.0. The number of aromatic nitrogens is 4. The van der Waals surface area contributed by atoms with Crippen molar-refractivity contribution >= 4 is 45.1 Å². The van der Waals surface area contributed by atoms with Gasteiger partial charge in [0.1, 0.15) is 11.6 Å². The first-order valence-corrected chi connectivity index (χ1v) is 12.0. The molecule has 4 aromatic rings. The maximum Gasteiger partial charge on any atom is 0.387 e. The van der Waals surface area contributed by atoms with E-state index in [0.29, 0.717) is 17.1 Å². The SMILES string of the molecule is CCn1c(CSc2nc3ccccc3s2)nnc1SCc1ccccc1OC(F)F. The van der Waals surface area contributed by atoms with Crippen molar-refractivity contribution in [3.05, 3.63) is 59.9 Å². The Hall–Kier alpha value is -2.17. The van der Waals surface area contributed by atoms with Crippen LogP contribution in [0.5, 0.6) is 5.75 Å². The third-order valence-corrected chi connectivity index (χ3v) is 7.45. The van der Waals surface area contributed by atoms with E-state index in [1.165, 1.54) is 11.8 Å². The number of benzene rings is 2. The third kappa shape index (κ3) is 4.93. The average Bonchev–Trinajstić information content (AvgIpc) is 3.34. The van der Waals surface area contributed by atoms with Crippen LogP contribution in [0.15, 0.2) is 58.0 Å². The summed E-state index contributed by atoms with van der Waals surface area (Å²) in [5.41, 5.74) is 1.70. The van der Waals surface area contributed by atoms with Crippen molar-refractivity contribution < 1.29 is 13.5 Å². The van der Waals surface area contributed by atoms with Crippen molar-refractivity contribution in [2.75, 3.05) is 0 Å². The Labute approximate surface area is 184 Å². The molecule has 0 radical (unpaired) electrons. The monoisotopic (exact) mass is 464 g/mol. The number of thiazole rings is 1. The highest BCUT2D eigenvalue weighted by Crippen LogP contribution is 2.32. The second-order valence-corrected chi connectivity index (χ2v) is 9.35. The second-order valence-electron chi connectivity index (χ2n) is 6.15. The summed E-state index contributed by atoms with van der Waals surface area (Å²) in [6, 6.07) is 14.9. The molecule has 0 bridgehead atoms. The average molecular weight is 465 g/mol. The van der Waals surface area contributed by atoms with Crippen molar-refractivity contribution in [1.82, 2.24) is 19.7 Å². The van der Waals surface area contributed by atoms with Gasteiger partial charge in [0, 0.05) is 17.9 Å². The highest BCUT2D eigenvalue weighted by atomic mass is 32.2. The number of rotatable bonds is 9. The first kappa shape index (κ1) is 21.1. The van der Waals surface area contributed by atoms with E-state index < -0.39 is 6.61 Å². The van der Waals surface area contributed by atoms with Crippen LogP contribution in [0.3, 0.4) is 0 Å². The van der Waals surface area contributed by atoms with E-state index in [2.05, 4.69) is 26.0 Å². The molecular weight excluding hydrogens is 446 g/mol. The lowest BCUT2D eigenvalue weighted by molar-refractivity contribution is -0.0503. The molecule has 0 saturated heterocycles. The van der Waals surface area contributed by atoms with Crippen LogP contribution in [0.1, 0.15) is 18.3 Å². The van der Waals surface area contributed by atoms with Crippen molar-refractivity contribution in [3.63, 3.8) is 0 Å². The van der Waals surface area contributed by atoms with Gasteiger partial charge in [0.05, 0.1) is 16.0 Å². The molecule has 0 fully saturated rings. The topological polar surface area (TPSA) is 52.8 Å². The Morgan fingerprint density at radius 3 is 2.63 bits per heavy atom. The summed E-state index contributed by atoms with van der Waals surface area (Å²) >= 11 is 4.76. The number of fused-ring (bicyclic) bond motifs is 1. The first-order valence-electron chi connectivity index (χ1n) is 9.20. The molecule has 30 heavy (non-hydrogen) atoms. The molecule has 2 heterocycles. The summed E-state index contributed by atoms with van der Waals surface area (Å²) in [7, 11) is 0. The molecule has 5 nitrogen and oxygen atoms in total. The standard InChI is InChI=1S/C20H18F2N4OS3/c1-2-26-17(12-29-20-23-14-8-4-6-10-16(14)30-20)24-25-19(26)28-11-13-7-3-5-9-15(13)27-18(21)22/h3-10,18H,2,11-12H2,1H3. The lowest BCUT2D eigenvalue weighted by Crippen LogP contribution is -2.04. The van der Waals surface area contributed by atoms with Gasteiger partial charge in [-0.25, -0.2) is 4.98 Å². The number of para-hydroxylation sites is 2. The summed E-state index contributed by atoms with van der Waals surface area (Å²) < 4.78 is 34.0. The van der Waals surface area contributed by atoms with Gasteiger partial charge in [0.25, 0.3) is 0 Å². The zero-order valence-corrected chi connectivity index (χ0v) is 18.4. The molecule has 0 atom stereocenters. The molecule has 156 valence electrons. The second kappa shape index (κ2) is 9.76. The molecular formula is C20H18F2N4OS3. The molecule has 4 rings (SSSR count). The van der Waals surface area contributed by atoms with Crippen LogP contribution < -0.4 is 4.74 Å². The van der Waals surface area contributed by atoms with Crippen LogP contribution in [0.2, 0.25) is 0 Å². The number of thioether (sulfide) groups is 2. The van der Waals surface area contributed by atoms with Crippen LogP contribution in [0.25, 0.3) is 10.2 Å². The predicted molar refractivity (Wildman–Crippen MR) is 118 cm³/mol. The minimum atomic E-state index is -2.85. The van der Waals surface area contributed by atoms with Crippen molar-refractivity contribution in [2.45, 2.75) is 41.1 Å². The van der Waals surface area contributed by atoms with Crippen LogP contribution in [0, 0.1) is 0 Å². The number of nitrogens with zero attached hydrogens (tertiary/aromatic N) is 4. The molecule has 2 aromatic heterocycles. The molecule has 0 aliphatic carbocycles. The fraction of sp³-hybridized carbons (Fsp3) is 0.250. The summed E-state index contributed by atoms with van der Waals surface area (Å²) in [4.78, 5) is 4.64. The maximum absolute atomic E-state index is 12.6. The Balaban J connectivity index is 1.43. The van der Waals surface area contributed by atoms with E-state index in [9.17, 15) is 8.78 Å². The molecule has 0 aliphatic heterocycles. The largest absolute Gasteiger partial charge is 0.435 e. The highest BCUT2D eigenvalue weighted by molar-refractivity contribution is 8.00. The molecule has 10 heteroatoms. The predicted octanol–water partition coefficient (Wildman–Crippen LogP) is 6.09. The van der Waals surface area contributed by atoms with Gasteiger partial charge >= 0.3 is 6.61 Å². The van der Waals surface area contributed by atoms with E-state index >= 15 is 0 Å². The van der Waals surface area contributed by atoms with E-state index in [1.807, 2.05) is 29.7 Å². The zero-order chi connectivity index (χ0) is 20.9. The molecule has 0 aliphatic rings. The molecule has 0 spiro atoms. The number of hydrogen-bond acceptors (Lipinski definition) is 7. The number of alkyl halides is 2. The number of ether oxygens (including phenoxy) is 1. The van der Waals surface area contributed by atoms with Crippen LogP contribution in [-0.2, 0) is 18.1 Å². The van der Waals surface area contributed by atoms with Gasteiger partial charge in [0.15, 0.2) is 9.50 Å². The van der Waals surface area contributed by atoms with Gasteiger partial charge in [0.2, 0.25) is 0 Å². The Bertz CT molecular complexity index is 1100. The van der Waals surface area contributed by atoms with Gasteiger partial charge in [-0.05, 0) is 25.1 Å². The molecule has 0 amide bonds. The van der Waals surface area contributed by atoms with Gasteiger partial charge < -0.3 is 9.30 Å². The Kier molecular flexibility index (Phi) is 6.86. The van der Waals surface area contributed by atoms with Crippen molar-refractivity contribution in [3.8, 4) is 5.75 Å². The van der Waals surface area contributed by atoms with E-state index in [0.717, 1.165) is 32.1 Å². The molecule has 0 N–H and O–H groups in total. The minimum Gasteiger partial charge on any atom is -0.435 e. The van der Waals surface area contributed by atoms with E-state index in [4.69, 9.17) is 0 Å². The van der Waals surface area contributed by atoms with Gasteiger partial charge in [-0.2, -0.15) is 8.78 Å². The summed E-state index contributed by atoms with van der Waals surface area (Å²) in [6.45, 7) is -0.0884. The molecule has 2 aromatic carbocycles. The third-order valence-electron chi connectivity index (χ3n) is 4.25. The quantitative estimate of drug-likeness (QED) is 0.279. The summed E-state index contributed by atoms with van der Waals surface area (Å²) in [6.07, 6.45) is 0. The summed E-state index contributed by atoms with van der Waals surface area (Å²) in [5.74, 6) is 2.17. The fourth-order valence-electron chi connectivity index (χ4n) is 2.87. The smallest absolute Gasteiger partial charge is 0.387 e. The lowest BCUT2D eigenvalue weighted by Gasteiger charge is -2.10. The van der Waals surface area contributed by atoms with Crippen molar-refractivity contribution in [2.24, 2.45) is 0 Å². The minimum absolute atomic E-state index is 0.189. The number of halogens is 2. The fourth-order valence-corrected chi connectivity index (χ4v) is 5.89. The van der Waals surface area contributed by atoms with E-state index in [-0.39, 0.29) is 5.75 Å². The lowest BCUT2D eigenvalue weighted by atomic mass is 10.2. The van der Waals surface area contributed by atoms with Crippen LogP contribution in [0.4, 0.5) is 8.78 Å². The van der Waals surface area contributed by atoms with Crippen LogP contribution >= 0.6 is 34.9 Å². The summed E-state index contributed by atoms with van der Waals surface area (Å²) in [5, 5.41) is 9.39.